The highest BCUT2D eigenvalue weighted by molar-refractivity contribution is 4.69. The predicted molar refractivity (Wildman–Crippen MR) is 94.6 cm³/mol. The van der Waals surface area contributed by atoms with Crippen molar-refractivity contribution in [1.29, 1.82) is 0 Å². The Labute approximate surface area is 133 Å². The second-order valence-corrected chi connectivity index (χ2v) is 6.67. The number of nitrogens with two attached hydrogens (primary N) is 1. The molecule has 0 amide bonds. The van der Waals surface area contributed by atoms with Crippen LogP contribution < -0.4 is 5.73 Å². The van der Waals surface area contributed by atoms with E-state index in [9.17, 15) is 5.11 Å². The van der Waals surface area contributed by atoms with Crippen LogP contribution in [0.2, 0.25) is 0 Å². The minimum absolute atomic E-state index is 0.0256. The second kappa shape index (κ2) is 16.3. The Morgan fingerprint density at radius 2 is 1.05 bits per heavy atom. The Kier molecular flexibility index (Phi) is 16.2. The molecule has 0 radical (unpaired) electrons. The molecule has 0 aromatic carbocycles. The van der Waals surface area contributed by atoms with Crippen molar-refractivity contribution in [2.45, 2.75) is 122 Å². The predicted octanol–water partition coefficient (Wildman–Crippen LogP) is 5.57. The summed E-state index contributed by atoms with van der Waals surface area (Å²) in [6.07, 6.45) is 19.3. The first-order chi connectivity index (χ1) is 10.2. The normalized spacial score (nSPS) is 14.3. The topological polar surface area (TPSA) is 46.2 Å². The molecule has 3 N–H and O–H groups in total. The van der Waals surface area contributed by atoms with Gasteiger partial charge in [0.15, 0.2) is 0 Å². The zero-order valence-corrected chi connectivity index (χ0v) is 14.8. The highest BCUT2D eigenvalue weighted by Crippen LogP contribution is 2.14. The van der Waals surface area contributed by atoms with Crippen molar-refractivity contribution in [3.63, 3.8) is 0 Å². The molecule has 0 saturated carbocycles. The molecule has 0 bridgehead atoms. The minimum atomic E-state index is -0.289. The number of aliphatic hydroxyl groups excluding tert-OH is 1. The quantitative estimate of drug-likeness (QED) is 0.366. The van der Waals surface area contributed by atoms with Crippen LogP contribution in [0.4, 0.5) is 0 Å². The van der Waals surface area contributed by atoms with E-state index in [1.165, 1.54) is 77.0 Å². The van der Waals surface area contributed by atoms with E-state index < -0.39 is 0 Å². The SMILES string of the molecule is CCCCCCCCCCCCCCCC(O)C(N)CC. The Balaban J connectivity index is 3.09. The van der Waals surface area contributed by atoms with Gasteiger partial charge in [-0.3, -0.25) is 0 Å². The summed E-state index contributed by atoms with van der Waals surface area (Å²) < 4.78 is 0. The first-order valence-electron chi connectivity index (χ1n) is 9.66. The summed E-state index contributed by atoms with van der Waals surface area (Å²) in [6, 6.07) is -0.0256. The summed E-state index contributed by atoms with van der Waals surface area (Å²) >= 11 is 0. The van der Waals surface area contributed by atoms with E-state index >= 15 is 0 Å². The van der Waals surface area contributed by atoms with Crippen LogP contribution in [0.25, 0.3) is 0 Å². The van der Waals surface area contributed by atoms with Crippen molar-refractivity contribution in [2.24, 2.45) is 5.73 Å². The summed E-state index contributed by atoms with van der Waals surface area (Å²) in [5.41, 5.74) is 5.81. The zero-order chi connectivity index (χ0) is 15.8. The monoisotopic (exact) mass is 299 g/mol. The van der Waals surface area contributed by atoms with Crippen molar-refractivity contribution >= 4 is 0 Å². The number of aliphatic hydroxyl groups is 1. The first kappa shape index (κ1) is 20.9. The van der Waals surface area contributed by atoms with E-state index in [0.717, 1.165) is 19.3 Å². The van der Waals surface area contributed by atoms with Gasteiger partial charge < -0.3 is 10.8 Å². The first-order valence-corrected chi connectivity index (χ1v) is 9.66. The fourth-order valence-electron chi connectivity index (χ4n) is 2.86. The van der Waals surface area contributed by atoms with Gasteiger partial charge in [0.25, 0.3) is 0 Å². The Hall–Kier alpha value is -0.0800. The smallest absolute Gasteiger partial charge is 0.0691 e. The van der Waals surface area contributed by atoms with Crippen LogP contribution in [-0.2, 0) is 0 Å². The van der Waals surface area contributed by atoms with Gasteiger partial charge in [-0.1, -0.05) is 97.3 Å². The van der Waals surface area contributed by atoms with Gasteiger partial charge in [0.1, 0.15) is 0 Å². The van der Waals surface area contributed by atoms with Crippen LogP contribution in [0.15, 0.2) is 0 Å². The Bertz CT molecular complexity index is 196. The highest BCUT2D eigenvalue weighted by atomic mass is 16.3. The number of hydrogen-bond donors (Lipinski definition) is 2. The molecular formula is C19H41NO. The Morgan fingerprint density at radius 1 is 0.667 bits per heavy atom. The van der Waals surface area contributed by atoms with Crippen LogP contribution in [0, 0.1) is 0 Å². The largest absolute Gasteiger partial charge is 0.392 e. The molecule has 0 aromatic rings. The van der Waals surface area contributed by atoms with E-state index in [2.05, 4.69) is 6.92 Å². The average Bonchev–Trinajstić information content (AvgIpc) is 2.50. The van der Waals surface area contributed by atoms with E-state index in [1.807, 2.05) is 6.92 Å². The standard InChI is InChI=1S/C19H41NO/c1-3-5-6-7-8-9-10-11-12-13-14-15-16-17-19(21)18(20)4-2/h18-19,21H,3-17,20H2,1-2H3. The van der Waals surface area contributed by atoms with Gasteiger partial charge in [-0.15, -0.1) is 0 Å². The maximum atomic E-state index is 9.77. The van der Waals surface area contributed by atoms with Crippen molar-refractivity contribution in [3.05, 3.63) is 0 Å². The van der Waals surface area contributed by atoms with E-state index in [0.29, 0.717) is 0 Å². The third-order valence-electron chi connectivity index (χ3n) is 4.57. The summed E-state index contributed by atoms with van der Waals surface area (Å²) in [4.78, 5) is 0. The lowest BCUT2D eigenvalue weighted by molar-refractivity contribution is 0.129. The van der Waals surface area contributed by atoms with Gasteiger partial charge in [-0.05, 0) is 12.8 Å². The van der Waals surface area contributed by atoms with Crippen LogP contribution in [-0.4, -0.2) is 17.3 Å². The fraction of sp³-hybridized carbons (Fsp3) is 1.00. The van der Waals surface area contributed by atoms with Gasteiger partial charge in [-0.2, -0.15) is 0 Å². The molecule has 2 nitrogen and oxygen atoms in total. The van der Waals surface area contributed by atoms with E-state index in [1.54, 1.807) is 0 Å². The lowest BCUT2D eigenvalue weighted by Gasteiger charge is -2.16. The van der Waals surface area contributed by atoms with Gasteiger partial charge >= 0.3 is 0 Å². The molecule has 128 valence electrons. The third kappa shape index (κ3) is 14.6. The van der Waals surface area contributed by atoms with Gasteiger partial charge in [0.2, 0.25) is 0 Å². The van der Waals surface area contributed by atoms with Gasteiger partial charge in [0, 0.05) is 6.04 Å². The third-order valence-corrected chi connectivity index (χ3v) is 4.57. The summed E-state index contributed by atoms with van der Waals surface area (Å²) in [5, 5.41) is 9.77. The van der Waals surface area contributed by atoms with Crippen molar-refractivity contribution in [1.82, 2.24) is 0 Å². The van der Waals surface area contributed by atoms with E-state index in [-0.39, 0.29) is 12.1 Å². The molecule has 2 unspecified atom stereocenters. The second-order valence-electron chi connectivity index (χ2n) is 6.67. The molecule has 0 saturated heterocycles. The molecular weight excluding hydrogens is 258 g/mol. The highest BCUT2D eigenvalue weighted by Gasteiger charge is 2.11. The summed E-state index contributed by atoms with van der Waals surface area (Å²) in [6.45, 7) is 4.32. The van der Waals surface area contributed by atoms with Crippen LogP contribution in [0.3, 0.4) is 0 Å². The number of rotatable bonds is 16. The Morgan fingerprint density at radius 3 is 1.43 bits per heavy atom. The molecule has 0 aliphatic heterocycles. The maximum absolute atomic E-state index is 9.77. The summed E-state index contributed by atoms with van der Waals surface area (Å²) in [5.74, 6) is 0. The van der Waals surface area contributed by atoms with Crippen LogP contribution in [0.5, 0.6) is 0 Å². The van der Waals surface area contributed by atoms with Gasteiger partial charge in [-0.25, -0.2) is 0 Å². The number of unbranched alkanes of at least 4 members (excludes halogenated alkanes) is 12. The molecule has 0 aliphatic carbocycles. The maximum Gasteiger partial charge on any atom is 0.0691 e. The van der Waals surface area contributed by atoms with Crippen molar-refractivity contribution in [2.75, 3.05) is 0 Å². The molecule has 0 aliphatic rings. The molecule has 21 heavy (non-hydrogen) atoms. The zero-order valence-electron chi connectivity index (χ0n) is 14.8. The number of hydrogen-bond acceptors (Lipinski definition) is 2. The molecule has 0 fully saturated rings. The molecule has 0 aromatic heterocycles. The fourth-order valence-corrected chi connectivity index (χ4v) is 2.86. The van der Waals surface area contributed by atoms with Crippen molar-refractivity contribution in [3.8, 4) is 0 Å². The molecule has 0 heterocycles. The van der Waals surface area contributed by atoms with Crippen LogP contribution in [0.1, 0.15) is 110 Å². The van der Waals surface area contributed by atoms with Crippen LogP contribution >= 0.6 is 0 Å². The molecule has 0 rings (SSSR count). The molecule has 0 spiro atoms. The average molecular weight is 300 g/mol. The minimum Gasteiger partial charge on any atom is -0.392 e. The molecule has 2 heteroatoms. The van der Waals surface area contributed by atoms with Gasteiger partial charge in [0.05, 0.1) is 6.10 Å². The molecule has 2 atom stereocenters. The summed E-state index contributed by atoms with van der Waals surface area (Å²) in [7, 11) is 0. The lowest BCUT2D eigenvalue weighted by atomic mass is 10.0. The van der Waals surface area contributed by atoms with E-state index in [4.69, 9.17) is 5.73 Å². The van der Waals surface area contributed by atoms with Crippen molar-refractivity contribution < 1.29 is 5.11 Å². The lowest BCUT2D eigenvalue weighted by Crippen LogP contribution is -2.33.